The topological polar surface area (TPSA) is 112 Å². The zero-order valence-electron chi connectivity index (χ0n) is 19.0. The van der Waals surface area contributed by atoms with Crippen LogP contribution in [0.3, 0.4) is 0 Å². The molecule has 2 aromatic rings. The van der Waals surface area contributed by atoms with E-state index in [4.69, 9.17) is 4.18 Å². The second kappa shape index (κ2) is 8.58. The van der Waals surface area contributed by atoms with E-state index in [9.17, 15) is 21.6 Å². The molecule has 10 heteroatoms. The maximum Gasteiger partial charge on any atom is 0.313 e. The van der Waals surface area contributed by atoms with E-state index >= 15 is 0 Å². The van der Waals surface area contributed by atoms with Gasteiger partial charge >= 0.3 is 10.1 Å². The Labute approximate surface area is 184 Å². The van der Waals surface area contributed by atoms with Crippen LogP contribution in [0.15, 0.2) is 28.8 Å². The maximum atomic E-state index is 13.4. The van der Waals surface area contributed by atoms with Gasteiger partial charge in [-0.15, -0.1) is 0 Å². The van der Waals surface area contributed by atoms with Crippen LogP contribution in [0.2, 0.25) is 0 Å². The minimum absolute atomic E-state index is 0.0252. The number of aromatic nitrogens is 2. The second-order valence-electron chi connectivity index (χ2n) is 7.95. The predicted octanol–water partition coefficient (Wildman–Crippen LogP) is 3.29. The summed E-state index contributed by atoms with van der Waals surface area (Å²) in [4.78, 5) is 13.5. The Balaban J connectivity index is 2.74. The standard InChI is InChI=1S/C21H28N2O6S2/c1-12(2)14(5)19-15(6)16(9-10-18(19)30(8,25)26)20(24)17-11-22-23(7)21(17)29-31(27,28)13(3)4/h9-11,13H,1-8H3. The number of hydrogen-bond acceptors (Lipinski definition) is 7. The molecule has 0 N–H and O–H groups in total. The van der Waals surface area contributed by atoms with Crippen LogP contribution in [-0.2, 0) is 27.0 Å². The van der Waals surface area contributed by atoms with Gasteiger partial charge < -0.3 is 4.18 Å². The highest BCUT2D eigenvalue weighted by Gasteiger charge is 2.28. The summed E-state index contributed by atoms with van der Waals surface area (Å²) < 4.78 is 55.6. The molecule has 0 saturated heterocycles. The molecule has 2 rings (SSSR count). The average Bonchev–Trinajstić information content (AvgIpc) is 2.99. The highest BCUT2D eigenvalue weighted by Crippen LogP contribution is 2.33. The lowest BCUT2D eigenvalue weighted by Crippen LogP contribution is -2.22. The number of sulfone groups is 1. The van der Waals surface area contributed by atoms with Crippen LogP contribution in [0.25, 0.3) is 5.57 Å². The molecule has 0 aliphatic carbocycles. The maximum absolute atomic E-state index is 13.4. The third-order valence-corrected chi connectivity index (χ3v) is 7.78. The zero-order chi connectivity index (χ0) is 23.9. The SMILES string of the molecule is CC(C)=C(C)c1c(S(C)(=O)=O)ccc(C(=O)c2cnn(C)c2OS(=O)(=O)C(C)C)c1C. The molecule has 1 aromatic heterocycles. The molecule has 0 amide bonds. The van der Waals surface area contributed by atoms with Crippen molar-refractivity contribution in [1.82, 2.24) is 9.78 Å². The summed E-state index contributed by atoms with van der Waals surface area (Å²) in [7, 11) is -6.02. The number of rotatable bonds is 7. The van der Waals surface area contributed by atoms with Gasteiger partial charge in [-0.2, -0.15) is 13.5 Å². The number of allylic oxidation sites excluding steroid dienone is 2. The molecule has 1 heterocycles. The van der Waals surface area contributed by atoms with Gasteiger partial charge in [-0.3, -0.25) is 4.79 Å². The van der Waals surface area contributed by atoms with Gasteiger partial charge in [-0.05, 0) is 70.4 Å². The van der Waals surface area contributed by atoms with Crippen LogP contribution in [0.5, 0.6) is 5.88 Å². The van der Waals surface area contributed by atoms with Gasteiger partial charge in [-0.25, -0.2) is 13.1 Å². The Bertz CT molecular complexity index is 1280. The molecule has 0 aliphatic heterocycles. The first-order valence-corrected chi connectivity index (χ1v) is 12.9. The number of nitrogens with zero attached hydrogens (tertiary/aromatic N) is 2. The van der Waals surface area contributed by atoms with Crippen molar-refractivity contribution in [3.8, 4) is 5.88 Å². The van der Waals surface area contributed by atoms with E-state index in [1.807, 2.05) is 13.8 Å². The number of hydrogen-bond donors (Lipinski definition) is 0. The second-order valence-corrected chi connectivity index (χ2v) is 12.0. The van der Waals surface area contributed by atoms with Gasteiger partial charge in [0.05, 0.1) is 16.3 Å². The van der Waals surface area contributed by atoms with Crippen LogP contribution in [-0.4, -0.2) is 43.9 Å². The first-order valence-electron chi connectivity index (χ1n) is 9.57. The lowest BCUT2D eigenvalue weighted by molar-refractivity contribution is 0.103. The van der Waals surface area contributed by atoms with Gasteiger partial charge in [0.15, 0.2) is 15.6 Å². The molecule has 0 atom stereocenters. The molecule has 1 aromatic carbocycles. The lowest BCUT2D eigenvalue weighted by Gasteiger charge is -2.17. The van der Waals surface area contributed by atoms with E-state index < -0.39 is 31.0 Å². The normalized spacial score (nSPS) is 12.2. The molecule has 0 radical (unpaired) electrons. The van der Waals surface area contributed by atoms with E-state index in [1.54, 1.807) is 13.8 Å². The fourth-order valence-corrected chi connectivity index (χ4v) is 4.59. The van der Waals surface area contributed by atoms with Crippen molar-refractivity contribution in [3.05, 3.63) is 46.2 Å². The van der Waals surface area contributed by atoms with Crippen LogP contribution in [0, 0.1) is 6.92 Å². The molecule has 0 bridgehead atoms. The van der Waals surface area contributed by atoms with Gasteiger partial charge in [-0.1, -0.05) is 5.57 Å². The van der Waals surface area contributed by atoms with Crippen LogP contribution in [0.1, 0.15) is 61.7 Å². The molecular formula is C21H28N2O6S2. The average molecular weight is 469 g/mol. The third-order valence-electron chi connectivity index (χ3n) is 5.10. The quantitative estimate of drug-likeness (QED) is 0.453. The Hall–Kier alpha value is -2.46. The fourth-order valence-electron chi connectivity index (χ4n) is 2.99. The molecule has 0 unspecified atom stereocenters. The lowest BCUT2D eigenvalue weighted by atomic mass is 9.91. The fraction of sp³-hybridized carbons (Fsp3) is 0.429. The van der Waals surface area contributed by atoms with E-state index in [2.05, 4.69) is 5.10 Å². The van der Waals surface area contributed by atoms with Crippen molar-refractivity contribution < 1.29 is 25.8 Å². The smallest absolute Gasteiger partial charge is 0.313 e. The highest BCUT2D eigenvalue weighted by molar-refractivity contribution is 7.90. The van der Waals surface area contributed by atoms with Gasteiger partial charge in [0.25, 0.3) is 0 Å². The van der Waals surface area contributed by atoms with Crippen molar-refractivity contribution in [3.63, 3.8) is 0 Å². The number of benzene rings is 1. The van der Waals surface area contributed by atoms with Gasteiger partial charge in [0.1, 0.15) is 5.56 Å². The molecule has 0 fully saturated rings. The van der Waals surface area contributed by atoms with E-state index in [-0.39, 0.29) is 21.9 Å². The van der Waals surface area contributed by atoms with Crippen molar-refractivity contribution in [2.75, 3.05) is 6.26 Å². The summed E-state index contributed by atoms with van der Waals surface area (Å²) >= 11 is 0. The van der Waals surface area contributed by atoms with Crippen molar-refractivity contribution >= 4 is 31.3 Å². The molecular weight excluding hydrogens is 440 g/mol. The summed E-state index contributed by atoms with van der Waals surface area (Å²) in [6.07, 6.45) is 2.36. The molecule has 0 aliphatic rings. The van der Waals surface area contributed by atoms with Crippen molar-refractivity contribution in [2.45, 2.75) is 51.7 Å². The summed E-state index contributed by atoms with van der Waals surface area (Å²) in [6, 6.07) is 2.84. The van der Waals surface area contributed by atoms with Gasteiger partial charge in [0.2, 0.25) is 5.88 Å². The minimum atomic E-state index is -3.95. The predicted molar refractivity (Wildman–Crippen MR) is 120 cm³/mol. The summed E-state index contributed by atoms with van der Waals surface area (Å²) in [5.41, 5.74) is 2.82. The van der Waals surface area contributed by atoms with Crippen LogP contribution in [0.4, 0.5) is 0 Å². The zero-order valence-corrected chi connectivity index (χ0v) is 20.6. The summed E-state index contributed by atoms with van der Waals surface area (Å²) in [5.74, 6) is -0.701. The Morgan fingerprint density at radius 2 is 1.65 bits per heavy atom. The monoisotopic (exact) mass is 468 g/mol. The number of carbonyl (C=O) groups is 1. The number of carbonyl (C=O) groups excluding carboxylic acids is 1. The number of aryl methyl sites for hydroxylation is 1. The van der Waals surface area contributed by atoms with E-state index in [0.29, 0.717) is 11.1 Å². The number of ketones is 1. The van der Waals surface area contributed by atoms with Crippen LogP contribution >= 0.6 is 0 Å². The molecule has 0 spiro atoms. The largest absolute Gasteiger partial charge is 0.361 e. The van der Waals surface area contributed by atoms with E-state index in [1.165, 1.54) is 43.9 Å². The third kappa shape index (κ3) is 4.90. The first kappa shape index (κ1) is 24.8. The minimum Gasteiger partial charge on any atom is -0.361 e. The van der Waals surface area contributed by atoms with Crippen molar-refractivity contribution in [2.24, 2.45) is 7.05 Å². The Morgan fingerprint density at radius 3 is 2.13 bits per heavy atom. The summed E-state index contributed by atoms with van der Waals surface area (Å²) in [6.45, 7) is 10.1. The first-order chi connectivity index (χ1) is 14.1. The molecule has 170 valence electrons. The Morgan fingerprint density at radius 1 is 1.06 bits per heavy atom. The Kier molecular flexibility index (Phi) is 6.87. The van der Waals surface area contributed by atoms with Gasteiger partial charge in [0, 0.05) is 18.9 Å². The molecule has 0 saturated carbocycles. The molecule has 31 heavy (non-hydrogen) atoms. The van der Waals surface area contributed by atoms with E-state index in [0.717, 1.165) is 17.4 Å². The summed E-state index contributed by atoms with van der Waals surface area (Å²) in [5, 5.41) is 3.17. The highest BCUT2D eigenvalue weighted by atomic mass is 32.2. The van der Waals surface area contributed by atoms with Crippen molar-refractivity contribution in [1.29, 1.82) is 0 Å². The molecule has 8 nitrogen and oxygen atoms in total. The van der Waals surface area contributed by atoms with Crippen LogP contribution < -0.4 is 4.18 Å².